The van der Waals surface area contributed by atoms with Gasteiger partial charge in [0.1, 0.15) is 0 Å². The molecule has 0 spiro atoms. The van der Waals surface area contributed by atoms with Gasteiger partial charge in [-0.25, -0.2) is 0 Å². The van der Waals surface area contributed by atoms with E-state index in [1.807, 2.05) is 6.92 Å². The number of hydrogen-bond acceptors (Lipinski definition) is 2. The van der Waals surface area contributed by atoms with Crippen molar-refractivity contribution in [3.8, 4) is 0 Å². The van der Waals surface area contributed by atoms with Crippen molar-refractivity contribution in [1.29, 1.82) is 0 Å². The van der Waals surface area contributed by atoms with Crippen LogP contribution in [0.15, 0.2) is 0 Å². The molecule has 2 atom stereocenters. The van der Waals surface area contributed by atoms with Gasteiger partial charge in [-0.2, -0.15) is 13.2 Å². The van der Waals surface area contributed by atoms with Crippen molar-refractivity contribution in [1.82, 2.24) is 0 Å². The van der Waals surface area contributed by atoms with Crippen LogP contribution >= 0.6 is 6.49 Å². The SMILES string of the molecule is CCCCOP(O)(=S)C(CCC)CC(F)(F)F. The van der Waals surface area contributed by atoms with Crippen LogP contribution in [0.3, 0.4) is 0 Å². The maximum Gasteiger partial charge on any atom is 0.389 e. The Labute approximate surface area is 106 Å². The fraction of sp³-hybridized carbons (Fsp3) is 1.00. The van der Waals surface area contributed by atoms with Gasteiger partial charge in [0.25, 0.3) is 0 Å². The average Bonchev–Trinajstić information content (AvgIpc) is 2.15. The molecule has 0 saturated carbocycles. The van der Waals surface area contributed by atoms with Crippen molar-refractivity contribution < 1.29 is 22.6 Å². The van der Waals surface area contributed by atoms with Gasteiger partial charge in [-0.15, -0.1) is 0 Å². The molecule has 0 heterocycles. The molecule has 2 unspecified atom stereocenters. The van der Waals surface area contributed by atoms with Crippen LogP contribution in [0.5, 0.6) is 0 Å². The fourth-order valence-corrected chi connectivity index (χ4v) is 3.81. The second-order valence-electron chi connectivity index (χ2n) is 4.01. The monoisotopic (exact) mass is 292 g/mol. The zero-order valence-electron chi connectivity index (χ0n) is 10.2. The standard InChI is InChI=1S/C10H20F3O2PS/c1-3-5-7-15-16(14,17)9(6-4-2)8-10(11,12)13/h9H,3-8H2,1-2H3,(H,14,17). The van der Waals surface area contributed by atoms with Crippen LogP contribution in [-0.2, 0) is 16.3 Å². The van der Waals surface area contributed by atoms with Gasteiger partial charge in [0.2, 0.25) is 0 Å². The largest absolute Gasteiger partial charge is 0.389 e. The Morgan fingerprint density at radius 2 is 1.88 bits per heavy atom. The topological polar surface area (TPSA) is 29.5 Å². The molecule has 1 N–H and O–H groups in total. The Kier molecular flexibility index (Phi) is 7.88. The summed E-state index contributed by atoms with van der Waals surface area (Å²) in [5.41, 5.74) is -0.973. The van der Waals surface area contributed by atoms with Crippen LogP contribution in [0.4, 0.5) is 13.2 Å². The lowest BCUT2D eigenvalue weighted by Crippen LogP contribution is -2.21. The summed E-state index contributed by atoms with van der Waals surface area (Å²) in [6.07, 6.45) is -3.01. The minimum absolute atomic E-state index is 0.238. The third-order valence-corrected chi connectivity index (χ3v) is 5.45. The van der Waals surface area contributed by atoms with Crippen molar-refractivity contribution in [3.05, 3.63) is 0 Å². The van der Waals surface area contributed by atoms with Crippen LogP contribution in [0.1, 0.15) is 46.0 Å². The maximum absolute atomic E-state index is 12.4. The summed E-state index contributed by atoms with van der Waals surface area (Å²) in [5.74, 6) is 0. The van der Waals surface area contributed by atoms with E-state index < -0.39 is 24.7 Å². The molecule has 0 rings (SSSR count). The zero-order chi connectivity index (χ0) is 13.5. The van der Waals surface area contributed by atoms with E-state index in [-0.39, 0.29) is 13.0 Å². The number of rotatable bonds is 8. The van der Waals surface area contributed by atoms with Crippen LogP contribution in [0.2, 0.25) is 0 Å². The predicted octanol–water partition coefficient (Wildman–Crippen LogP) is 4.23. The highest BCUT2D eigenvalue weighted by atomic mass is 32.5. The third-order valence-electron chi connectivity index (χ3n) is 2.32. The molecule has 0 saturated heterocycles. The first-order chi connectivity index (χ1) is 7.73. The molecule has 0 radical (unpaired) electrons. The van der Waals surface area contributed by atoms with Crippen LogP contribution in [0.25, 0.3) is 0 Å². The van der Waals surface area contributed by atoms with E-state index in [0.29, 0.717) is 12.8 Å². The van der Waals surface area contributed by atoms with Gasteiger partial charge in [0, 0.05) is 5.66 Å². The van der Waals surface area contributed by atoms with E-state index >= 15 is 0 Å². The van der Waals surface area contributed by atoms with E-state index in [4.69, 9.17) is 16.3 Å². The van der Waals surface area contributed by atoms with E-state index in [1.54, 1.807) is 6.92 Å². The van der Waals surface area contributed by atoms with E-state index in [2.05, 4.69) is 0 Å². The van der Waals surface area contributed by atoms with Crippen molar-refractivity contribution in [2.75, 3.05) is 6.61 Å². The lowest BCUT2D eigenvalue weighted by molar-refractivity contribution is -0.135. The van der Waals surface area contributed by atoms with Gasteiger partial charge < -0.3 is 9.42 Å². The maximum atomic E-state index is 12.4. The third kappa shape index (κ3) is 8.14. The van der Waals surface area contributed by atoms with Gasteiger partial charge in [0.05, 0.1) is 13.0 Å². The van der Waals surface area contributed by atoms with Gasteiger partial charge >= 0.3 is 6.18 Å². The minimum atomic E-state index is -4.30. The first-order valence-electron chi connectivity index (χ1n) is 5.76. The Morgan fingerprint density at radius 1 is 1.29 bits per heavy atom. The summed E-state index contributed by atoms with van der Waals surface area (Å²) in [4.78, 5) is 9.90. The number of unbranched alkanes of at least 4 members (excludes halogenated alkanes) is 1. The van der Waals surface area contributed by atoms with Gasteiger partial charge in [0.15, 0.2) is 6.49 Å². The summed E-state index contributed by atoms with van der Waals surface area (Å²) in [5, 5.41) is 0. The highest BCUT2D eigenvalue weighted by molar-refractivity contribution is 8.09. The Bertz CT molecular complexity index is 258. The minimum Gasteiger partial charge on any atom is -0.345 e. The average molecular weight is 292 g/mol. The first kappa shape index (κ1) is 17.4. The summed E-state index contributed by atoms with van der Waals surface area (Å²) < 4.78 is 42.2. The predicted molar refractivity (Wildman–Crippen MR) is 66.7 cm³/mol. The normalized spacial score (nSPS) is 17.8. The molecular formula is C10H20F3O2PS. The van der Waals surface area contributed by atoms with Gasteiger partial charge in [-0.1, -0.05) is 26.7 Å². The van der Waals surface area contributed by atoms with Crippen molar-refractivity contribution in [2.45, 2.75) is 57.8 Å². The van der Waals surface area contributed by atoms with Crippen molar-refractivity contribution in [2.24, 2.45) is 0 Å². The molecule has 0 aliphatic carbocycles. The van der Waals surface area contributed by atoms with Crippen molar-refractivity contribution >= 4 is 18.3 Å². The summed E-state index contributed by atoms with van der Waals surface area (Å²) in [6, 6.07) is 0. The summed E-state index contributed by atoms with van der Waals surface area (Å²) in [7, 11) is 0. The molecule has 0 bridgehead atoms. The Morgan fingerprint density at radius 3 is 2.29 bits per heavy atom. The zero-order valence-corrected chi connectivity index (χ0v) is 11.9. The molecule has 0 aliphatic rings. The van der Waals surface area contributed by atoms with E-state index in [0.717, 1.165) is 6.42 Å². The molecule has 104 valence electrons. The molecule has 7 heteroatoms. The molecule has 0 fully saturated rings. The fourth-order valence-electron chi connectivity index (χ4n) is 1.43. The smallest absolute Gasteiger partial charge is 0.345 e. The van der Waals surface area contributed by atoms with Crippen LogP contribution in [-0.4, -0.2) is 23.3 Å². The quantitative estimate of drug-likeness (QED) is 0.536. The van der Waals surface area contributed by atoms with Gasteiger partial charge in [-0.3, -0.25) is 0 Å². The lowest BCUT2D eigenvalue weighted by Gasteiger charge is -2.26. The molecule has 0 aliphatic heterocycles. The highest BCUT2D eigenvalue weighted by Crippen LogP contribution is 2.53. The van der Waals surface area contributed by atoms with E-state index in [1.165, 1.54) is 0 Å². The van der Waals surface area contributed by atoms with Crippen LogP contribution in [0, 0.1) is 0 Å². The molecule has 0 aromatic carbocycles. The number of hydrogen-bond donors (Lipinski definition) is 1. The lowest BCUT2D eigenvalue weighted by atomic mass is 10.2. The molecule has 0 aromatic rings. The number of alkyl halides is 3. The van der Waals surface area contributed by atoms with Crippen molar-refractivity contribution in [3.63, 3.8) is 0 Å². The van der Waals surface area contributed by atoms with E-state index in [9.17, 15) is 18.1 Å². The Balaban J connectivity index is 4.49. The number of halogens is 3. The van der Waals surface area contributed by atoms with Gasteiger partial charge in [-0.05, 0) is 24.6 Å². The molecule has 0 amide bonds. The summed E-state index contributed by atoms with van der Waals surface area (Å²) >= 11 is 4.86. The highest BCUT2D eigenvalue weighted by Gasteiger charge is 2.38. The Hall–Kier alpha value is 0.360. The van der Waals surface area contributed by atoms with Crippen LogP contribution < -0.4 is 0 Å². The first-order valence-corrected chi connectivity index (χ1v) is 8.51. The second kappa shape index (κ2) is 7.72. The molecule has 2 nitrogen and oxygen atoms in total. The molecule has 0 aromatic heterocycles. The molecular weight excluding hydrogens is 272 g/mol. The molecule has 17 heavy (non-hydrogen) atoms. The second-order valence-corrected chi connectivity index (χ2v) is 7.70. The summed E-state index contributed by atoms with van der Waals surface area (Å²) in [6.45, 7) is 0.609.